The maximum Gasteiger partial charge on any atom is 0.115 e. The molecule has 0 aliphatic carbocycles. The quantitative estimate of drug-likeness (QED) is 0.853. The van der Waals surface area contributed by atoms with Crippen LogP contribution in [0.2, 0.25) is 0 Å². The Morgan fingerprint density at radius 2 is 1.76 bits per heavy atom. The molecule has 0 radical (unpaired) electrons. The fraction of sp³-hybridized carbons (Fsp3) is 0.286. The summed E-state index contributed by atoms with van der Waals surface area (Å²) in [6, 6.07) is 10.5. The maximum absolute atomic E-state index is 6.08. The van der Waals surface area contributed by atoms with Crippen LogP contribution in [0.1, 0.15) is 30.0 Å². The molecule has 1 unspecified atom stereocenters. The third-order valence-electron chi connectivity index (χ3n) is 2.83. The van der Waals surface area contributed by atoms with Crippen LogP contribution in [0.15, 0.2) is 49.1 Å². The van der Waals surface area contributed by atoms with Crippen molar-refractivity contribution in [2.45, 2.75) is 25.3 Å². The summed E-state index contributed by atoms with van der Waals surface area (Å²) in [5.41, 5.74) is 8.46. The third kappa shape index (κ3) is 3.64. The first-order valence-corrected chi connectivity index (χ1v) is 5.90. The van der Waals surface area contributed by atoms with Gasteiger partial charge >= 0.3 is 0 Å². The summed E-state index contributed by atoms with van der Waals surface area (Å²) in [6.07, 6.45) is 8.23. The summed E-state index contributed by atoms with van der Waals surface area (Å²) in [4.78, 5) is 7.96. The Bertz CT molecular complexity index is 428. The topological polar surface area (TPSA) is 51.8 Å². The predicted molar refractivity (Wildman–Crippen MR) is 68.3 cm³/mol. The van der Waals surface area contributed by atoms with Crippen LogP contribution in [0.5, 0.6) is 0 Å². The third-order valence-corrected chi connectivity index (χ3v) is 2.83. The molecule has 1 heterocycles. The van der Waals surface area contributed by atoms with Gasteiger partial charge in [-0.05, 0) is 24.8 Å². The van der Waals surface area contributed by atoms with Gasteiger partial charge in [0, 0.05) is 24.0 Å². The van der Waals surface area contributed by atoms with Crippen molar-refractivity contribution in [3.63, 3.8) is 0 Å². The molecule has 0 saturated heterocycles. The number of nitrogens with two attached hydrogens (primary N) is 1. The van der Waals surface area contributed by atoms with Gasteiger partial charge in [-0.3, -0.25) is 0 Å². The lowest BCUT2D eigenvalue weighted by Gasteiger charge is -2.10. The number of rotatable bonds is 5. The lowest BCUT2D eigenvalue weighted by Crippen LogP contribution is -2.11. The smallest absolute Gasteiger partial charge is 0.115 e. The number of hydrogen-bond acceptors (Lipinski definition) is 3. The van der Waals surface area contributed by atoms with E-state index < -0.39 is 0 Å². The summed E-state index contributed by atoms with van der Waals surface area (Å²) in [6.45, 7) is 0. The summed E-state index contributed by atoms with van der Waals surface area (Å²) in [5, 5.41) is 0. The summed E-state index contributed by atoms with van der Waals surface area (Å²) in [5.74, 6) is 0. The van der Waals surface area contributed by atoms with Crippen LogP contribution in [0.25, 0.3) is 0 Å². The Hall–Kier alpha value is -1.74. The molecule has 0 amide bonds. The van der Waals surface area contributed by atoms with E-state index in [2.05, 4.69) is 34.2 Å². The van der Waals surface area contributed by atoms with Gasteiger partial charge in [-0.15, -0.1) is 0 Å². The van der Waals surface area contributed by atoms with Crippen LogP contribution in [0.4, 0.5) is 0 Å². The number of hydrogen-bond donors (Lipinski definition) is 1. The molecule has 2 N–H and O–H groups in total. The second-order valence-corrected chi connectivity index (χ2v) is 4.16. The van der Waals surface area contributed by atoms with E-state index in [-0.39, 0.29) is 6.04 Å². The highest BCUT2D eigenvalue weighted by atomic mass is 14.8. The van der Waals surface area contributed by atoms with Crippen molar-refractivity contribution in [1.82, 2.24) is 9.97 Å². The van der Waals surface area contributed by atoms with Crippen LogP contribution >= 0.6 is 0 Å². The van der Waals surface area contributed by atoms with Crippen LogP contribution in [0.3, 0.4) is 0 Å². The molecule has 0 bridgehead atoms. The molecule has 3 heteroatoms. The second-order valence-electron chi connectivity index (χ2n) is 4.16. The van der Waals surface area contributed by atoms with Crippen molar-refractivity contribution >= 4 is 0 Å². The SMILES string of the molecule is NC(CCCc1ccccc1)c1cncnc1. The largest absolute Gasteiger partial charge is 0.324 e. The van der Waals surface area contributed by atoms with E-state index >= 15 is 0 Å². The number of aromatic nitrogens is 2. The number of benzene rings is 1. The molecule has 1 aromatic carbocycles. The van der Waals surface area contributed by atoms with Crippen molar-refractivity contribution in [3.05, 3.63) is 60.2 Å². The van der Waals surface area contributed by atoms with Crippen molar-refractivity contribution in [2.24, 2.45) is 5.73 Å². The fourth-order valence-corrected chi connectivity index (χ4v) is 1.84. The molecule has 0 aliphatic rings. The average molecular weight is 227 g/mol. The fourth-order valence-electron chi connectivity index (χ4n) is 1.84. The molecular weight excluding hydrogens is 210 g/mol. The predicted octanol–water partition coefficient (Wildman–Crippen LogP) is 2.50. The monoisotopic (exact) mass is 227 g/mol. The van der Waals surface area contributed by atoms with Crippen molar-refractivity contribution < 1.29 is 0 Å². The Kier molecular flexibility index (Phi) is 4.22. The van der Waals surface area contributed by atoms with Gasteiger partial charge in [0.2, 0.25) is 0 Å². The molecule has 0 saturated carbocycles. The molecule has 2 rings (SSSR count). The van der Waals surface area contributed by atoms with Crippen molar-refractivity contribution in [3.8, 4) is 0 Å². The minimum absolute atomic E-state index is 0.0416. The van der Waals surface area contributed by atoms with E-state index in [1.807, 2.05) is 6.07 Å². The zero-order valence-electron chi connectivity index (χ0n) is 9.79. The molecule has 2 aromatic rings. The molecule has 88 valence electrons. The Morgan fingerprint density at radius 1 is 1.06 bits per heavy atom. The van der Waals surface area contributed by atoms with Gasteiger partial charge in [-0.25, -0.2) is 9.97 Å². The van der Waals surface area contributed by atoms with Crippen LogP contribution in [-0.2, 0) is 6.42 Å². The van der Waals surface area contributed by atoms with E-state index in [0.29, 0.717) is 0 Å². The lowest BCUT2D eigenvalue weighted by atomic mass is 10.0. The van der Waals surface area contributed by atoms with E-state index in [1.165, 1.54) is 11.9 Å². The first-order valence-electron chi connectivity index (χ1n) is 5.90. The highest BCUT2D eigenvalue weighted by molar-refractivity contribution is 5.15. The highest BCUT2D eigenvalue weighted by Crippen LogP contribution is 2.15. The molecule has 17 heavy (non-hydrogen) atoms. The number of aryl methyl sites for hydroxylation is 1. The van der Waals surface area contributed by atoms with E-state index in [1.54, 1.807) is 12.4 Å². The lowest BCUT2D eigenvalue weighted by molar-refractivity contribution is 0.607. The molecule has 1 aromatic heterocycles. The van der Waals surface area contributed by atoms with Crippen LogP contribution < -0.4 is 5.73 Å². The van der Waals surface area contributed by atoms with Gasteiger partial charge in [-0.1, -0.05) is 30.3 Å². The van der Waals surface area contributed by atoms with Crippen molar-refractivity contribution in [2.75, 3.05) is 0 Å². The molecular formula is C14H17N3. The van der Waals surface area contributed by atoms with Gasteiger partial charge < -0.3 is 5.73 Å². The molecule has 0 aliphatic heterocycles. The van der Waals surface area contributed by atoms with Gasteiger partial charge in [0.25, 0.3) is 0 Å². The normalized spacial score (nSPS) is 12.3. The Labute approximate surface area is 102 Å². The zero-order valence-corrected chi connectivity index (χ0v) is 9.79. The maximum atomic E-state index is 6.08. The molecule has 3 nitrogen and oxygen atoms in total. The molecule has 1 atom stereocenters. The van der Waals surface area contributed by atoms with Crippen LogP contribution in [-0.4, -0.2) is 9.97 Å². The molecule has 0 spiro atoms. The Balaban J connectivity index is 1.79. The minimum atomic E-state index is 0.0416. The first kappa shape index (κ1) is 11.7. The van der Waals surface area contributed by atoms with Gasteiger partial charge in [0.05, 0.1) is 0 Å². The summed E-state index contributed by atoms with van der Waals surface area (Å²) >= 11 is 0. The minimum Gasteiger partial charge on any atom is -0.324 e. The van der Waals surface area contributed by atoms with E-state index in [0.717, 1.165) is 24.8 Å². The average Bonchev–Trinajstić information content (AvgIpc) is 2.41. The summed E-state index contributed by atoms with van der Waals surface area (Å²) in [7, 11) is 0. The summed E-state index contributed by atoms with van der Waals surface area (Å²) < 4.78 is 0. The van der Waals surface area contributed by atoms with Gasteiger partial charge in [0.1, 0.15) is 6.33 Å². The molecule has 0 fully saturated rings. The number of nitrogens with zero attached hydrogens (tertiary/aromatic N) is 2. The highest BCUT2D eigenvalue weighted by Gasteiger charge is 2.05. The standard InChI is InChI=1S/C14H17N3/c15-14(13-9-16-11-17-10-13)8-4-7-12-5-2-1-3-6-12/h1-3,5-6,9-11,14H,4,7-8,15H2. The second kappa shape index (κ2) is 6.11. The first-order chi connectivity index (χ1) is 8.36. The Morgan fingerprint density at radius 3 is 2.47 bits per heavy atom. The van der Waals surface area contributed by atoms with E-state index in [4.69, 9.17) is 5.73 Å². The van der Waals surface area contributed by atoms with Crippen molar-refractivity contribution in [1.29, 1.82) is 0 Å². The van der Waals surface area contributed by atoms with Gasteiger partial charge in [0.15, 0.2) is 0 Å². The van der Waals surface area contributed by atoms with E-state index in [9.17, 15) is 0 Å². The van der Waals surface area contributed by atoms with Crippen LogP contribution in [0, 0.1) is 0 Å². The van der Waals surface area contributed by atoms with Gasteiger partial charge in [-0.2, -0.15) is 0 Å². The zero-order chi connectivity index (χ0) is 11.9.